The van der Waals surface area contributed by atoms with E-state index < -0.39 is 0 Å². The molecule has 0 aliphatic rings. The molecular formula is C31H36N2O. The first-order chi connectivity index (χ1) is 16.6. The third-order valence-electron chi connectivity index (χ3n) is 5.81. The van der Waals surface area contributed by atoms with E-state index in [4.69, 9.17) is 0 Å². The molecule has 3 heteroatoms. The lowest BCUT2D eigenvalue weighted by atomic mass is 9.88. The molecule has 3 rings (SSSR count). The molecule has 0 radical (unpaired) electrons. The highest BCUT2D eigenvalue weighted by molar-refractivity contribution is 5.98. The van der Waals surface area contributed by atoms with E-state index in [0.29, 0.717) is 6.54 Å². The Labute approximate surface area is 204 Å². The van der Waals surface area contributed by atoms with Crippen molar-refractivity contribution in [1.29, 1.82) is 0 Å². The molecule has 0 aliphatic carbocycles. The zero-order valence-electron chi connectivity index (χ0n) is 20.6. The molecule has 0 saturated carbocycles. The van der Waals surface area contributed by atoms with Crippen LogP contribution in [0.1, 0.15) is 42.0 Å². The Morgan fingerprint density at radius 2 is 1.41 bits per heavy atom. The number of hydrogen-bond donors (Lipinski definition) is 1. The fraction of sp³-hybridized carbons (Fsp3) is 0.258. The molecule has 1 N–H and O–H groups in total. The minimum Gasteiger partial charge on any atom is -0.351 e. The number of nitrogens with zero attached hydrogens (tertiary/aromatic N) is 1. The minimum atomic E-state index is -0.0251. The first-order valence-corrected chi connectivity index (χ1v) is 12.1. The van der Waals surface area contributed by atoms with E-state index in [-0.39, 0.29) is 5.91 Å². The maximum absolute atomic E-state index is 11.9. The van der Waals surface area contributed by atoms with Gasteiger partial charge in [-0.05, 0) is 72.8 Å². The number of hydrogen-bond acceptors (Lipinski definition) is 2. The fourth-order valence-electron chi connectivity index (χ4n) is 4.02. The van der Waals surface area contributed by atoms with Gasteiger partial charge in [-0.25, -0.2) is 0 Å². The van der Waals surface area contributed by atoms with E-state index in [1.807, 2.05) is 20.2 Å². The number of benzene rings is 3. The van der Waals surface area contributed by atoms with Gasteiger partial charge in [-0.3, -0.25) is 4.79 Å². The van der Waals surface area contributed by atoms with Gasteiger partial charge in [0, 0.05) is 13.1 Å². The summed E-state index contributed by atoms with van der Waals surface area (Å²) >= 11 is 0. The van der Waals surface area contributed by atoms with Crippen LogP contribution in [-0.2, 0) is 11.2 Å². The van der Waals surface area contributed by atoms with E-state index >= 15 is 0 Å². The van der Waals surface area contributed by atoms with Crippen LogP contribution in [0.15, 0.2) is 97.1 Å². The Balaban J connectivity index is 1.73. The maximum atomic E-state index is 11.9. The molecule has 0 saturated heterocycles. The molecule has 176 valence electrons. The molecule has 1 amide bonds. The van der Waals surface area contributed by atoms with Crippen LogP contribution >= 0.6 is 0 Å². The van der Waals surface area contributed by atoms with Crippen molar-refractivity contribution in [3.05, 3.63) is 119 Å². The molecule has 3 aromatic rings. The Hall–Kier alpha value is -3.43. The fourth-order valence-corrected chi connectivity index (χ4v) is 4.02. The van der Waals surface area contributed by atoms with Crippen LogP contribution in [0.2, 0.25) is 0 Å². The third-order valence-corrected chi connectivity index (χ3v) is 5.81. The molecule has 0 unspecified atom stereocenters. The molecule has 0 aromatic heterocycles. The number of carbonyl (C=O) groups is 1. The second kappa shape index (κ2) is 13.3. The van der Waals surface area contributed by atoms with Gasteiger partial charge in [-0.15, -0.1) is 0 Å². The van der Waals surface area contributed by atoms with Gasteiger partial charge in [-0.2, -0.15) is 0 Å². The van der Waals surface area contributed by atoms with Gasteiger partial charge >= 0.3 is 0 Å². The number of amides is 1. The summed E-state index contributed by atoms with van der Waals surface area (Å²) in [6.07, 6.45) is 6.31. The lowest BCUT2D eigenvalue weighted by Crippen LogP contribution is -2.30. The summed E-state index contributed by atoms with van der Waals surface area (Å²) in [5, 5.41) is 2.91. The highest BCUT2D eigenvalue weighted by Gasteiger charge is 2.12. The van der Waals surface area contributed by atoms with Gasteiger partial charge in [0.2, 0.25) is 5.91 Å². The monoisotopic (exact) mass is 452 g/mol. The number of aryl methyl sites for hydroxylation is 1. The van der Waals surface area contributed by atoms with Crippen LogP contribution in [0.25, 0.3) is 11.1 Å². The standard InChI is InChI=1S/C31H36N2O/c1-4-29(26-14-7-5-8-15-26)31(27-16-9-6-10-17-27)28-21-19-25(20-22-28)13-11-12-18-30(34)32-23-24-33(2)3/h5-10,12,14-22H,4,11,13,23-24H2,1-3H3,(H,32,34). The van der Waals surface area contributed by atoms with Gasteiger partial charge in [-0.1, -0.05) is 97.9 Å². The van der Waals surface area contributed by atoms with Crippen LogP contribution in [0.5, 0.6) is 0 Å². The second-order valence-electron chi connectivity index (χ2n) is 8.67. The molecule has 3 nitrogen and oxygen atoms in total. The lowest BCUT2D eigenvalue weighted by molar-refractivity contribution is -0.116. The second-order valence-corrected chi connectivity index (χ2v) is 8.67. The summed E-state index contributed by atoms with van der Waals surface area (Å²) in [5.41, 5.74) is 7.64. The first-order valence-electron chi connectivity index (χ1n) is 12.1. The molecule has 0 aliphatic heterocycles. The van der Waals surface area contributed by atoms with Gasteiger partial charge in [0.1, 0.15) is 0 Å². The normalized spacial score (nSPS) is 12.1. The molecule has 3 aromatic carbocycles. The summed E-state index contributed by atoms with van der Waals surface area (Å²) in [6.45, 7) is 3.73. The van der Waals surface area contributed by atoms with Crippen molar-refractivity contribution in [2.45, 2.75) is 26.2 Å². The molecule has 0 spiro atoms. The zero-order chi connectivity index (χ0) is 24.2. The molecular weight excluding hydrogens is 416 g/mol. The highest BCUT2D eigenvalue weighted by Crippen LogP contribution is 2.34. The first kappa shape index (κ1) is 25.2. The van der Waals surface area contributed by atoms with E-state index in [0.717, 1.165) is 25.8 Å². The van der Waals surface area contributed by atoms with E-state index in [1.54, 1.807) is 6.08 Å². The van der Waals surface area contributed by atoms with Gasteiger partial charge < -0.3 is 10.2 Å². The predicted octanol–water partition coefficient (Wildman–Crippen LogP) is 6.22. The maximum Gasteiger partial charge on any atom is 0.243 e. The summed E-state index contributed by atoms with van der Waals surface area (Å²) in [7, 11) is 3.99. The Morgan fingerprint density at radius 1 is 0.824 bits per heavy atom. The molecule has 0 fully saturated rings. The predicted molar refractivity (Wildman–Crippen MR) is 145 cm³/mol. The number of likely N-dealkylation sites (N-methyl/N-ethyl adjacent to an activating group) is 1. The number of nitrogens with one attached hydrogen (secondary N) is 1. The molecule has 0 atom stereocenters. The van der Waals surface area contributed by atoms with Gasteiger partial charge in [0.05, 0.1) is 0 Å². The summed E-state index contributed by atoms with van der Waals surface area (Å²) in [5.74, 6) is -0.0251. The number of carbonyl (C=O) groups excluding carboxylic acids is 1. The molecule has 0 bridgehead atoms. The minimum absolute atomic E-state index is 0.0251. The van der Waals surface area contributed by atoms with E-state index in [9.17, 15) is 4.79 Å². The highest BCUT2D eigenvalue weighted by atomic mass is 16.1. The average Bonchev–Trinajstić information content (AvgIpc) is 2.86. The van der Waals surface area contributed by atoms with Gasteiger partial charge in [0.25, 0.3) is 0 Å². The number of allylic oxidation sites excluding steroid dienone is 2. The van der Waals surface area contributed by atoms with Crippen LogP contribution in [0.3, 0.4) is 0 Å². The quantitative estimate of drug-likeness (QED) is 0.277. The van der Waals surface area contributed by atoms with Crippen molar-refractivity contribution in [3.63, 3.8) is 0 Å². The third kappa shape index (κ3) is 7.57. The van der Waals surface area contributed by atoms with E-state index in [2.05, 4.69) is 102 Å². The molecule has 0 heterocycles. The average molecular weight is 453 g/mol. The summed E-state index contributed by atoms with van der Waals surface area (Å²) in [4.78, 5) is 13.9. The van der Waals surface area contributed by atoms with Crippen LogP contribution in [0, 0.1) is 0 Å². The summed E-state index contributed by atoms with van der Waals surface area (Å²) < 4.78 is 0. The van der Waals surface area contributed by atoms with E-state index in [1.165, 1.54) is 33.4 Å². The van der Waals surface area contributed by atoms with Crippen molar-refractivity contribution in [2.24, 2.45) is 0 Å². The van der Waals surface area contributed by atoms with Crippen molar-refractivity contribution in [3.8, 4) is 0 Å². The van der Waals surface area contributed by atoms with Gasteiger partial charge in [0.15, 0.2) is 0 Å². The van der Waals surface area contributed by atoms with Crippen molar-refractivity contribution < 1.29 is 4.79 Å². The summed E-state index contributed by atoms with van der Waals surface area (Å²) in [6, 6.07) is 30.2. The van der Waals surface area contributed by atoms with Crippen molar-refractivity contribution >= 4 is 17.1 Å². The lowest BCUT2D eigenvalue weighted by Gasteiger charge is -2.16. The Morgan fingerprint density at radius 3 is 2.00 bits per heavy atom. The topological polar surface area (TPSA) is 32.3 Å². The largest absolute Gasteiger partial charge is 0.351 e. The SMILES string of the molecule is CCC(=C(c1ccccc1)c1ccc(CCC=CC(=O)NCCN(C)C)cc1)c1ccccc1. The molecule has 34 heavy (non-hydrogen) atoms. The smallest absolute Gasteiger partial charge is 0.243 e. The number of rotatable bonds is 11. The zero-order valence-corrected chi connectivity index (χ0v) is 20.6. The van der Waals surface area contributed by atoms with Crippen LogP contribution in [0.4, 0.5) is 0 Å². The Bertz CT molecular complexity index is 1080. The van der Waals surface area contributed by atoms with Crippen molar-refractivity contribution in [1.82, 2.24) is 10.2 Å². The van der Waals surface area contributed by atoms with Crippen molar-refractivity contribution in [2.75, 3.05) is 27.2 Å². The van der Waals surface area contributed by atoms with Crippen LogP contribution in [-0.4, -0.2) is 38.0 Å². The Kier molecular flexibility index (Phi) is 9.87. The van der Waals surface area contributed by atoms with Crippen LogP contribution < -0.4 is 5.32 Å².